The zero-order chi connectivity index (χ0) is 14.6. The van der Waals surface area contributed by atoms with Gasteiger partial charge in [0, 0.05) is 0 Å². The smallest absolute Gasteiger partial charge is 0.122 e. The SMILES string of the molecule is CCC1CCCC(CN)(Cc2cc(C)ccc2OC)C1. The summed E-state index contributed by atoms with van der Waals surface area (Å²) in [7, 11) is 1.76. The van der Waals surface area contributed by atoms with E-state index in [-0.39, 0.29) is 5.41 Å². The van der Waals surface area contributed by atoms with E-state index in [0.717, 1.165) is 24.6 Å². The van der Waals surface area contributed by atoms with Crippen LogP contribution in [0.5, 0.6) is 5.75 Å². The van der Waals surface area contributed by atoms with Crippen LogP contribution < -0.4 is 10.5 Å². The Labute approximate surface area is 123 Å². The Balaban J connectivity index is 2.23. The molecule has 2 rings (SSSR count). The van der Waals surface area contributed by atoms with Crippen LogP contribution in [0.1, 0.15) is 50.2 Å². The highest BCUT2D eigenvalue weighted by atomic mass is 16.5. The van der Waals surface area contributed by atoms with E-state index in [1.165, 1.54) is 43.2 Å². The van der Waals surface area contributed by atoms with Gasteiger partial charge in [0.05, 0.1) is 7.11 Å². The number of methoxy groups -OCH3 is 1. The molecule has 0 amide bonds. The van der Waals surface area contributed by atoms with Gasteiger partial charge in [-0.25, -0.2) is 0 Å². The summed E-state index contributed by atoms with van der Waals surface area (Å²) in [6.07, 6.45) is 7.58. The molecule has 0 aromatic heterocycles. The highest BCUT2D eigenvalue weighted by molar-refractivity contribution is 5.37. The predicted molar refractivity (Wildman–Crippen MR) is 85.2 cm³/mol. The zero-order valence-corrected chi connectivity index (χ0v) is 13.2. The number of hydrogen-bond donors (Lipinski definition) is 1. The van der Waals surface area contributed by atoms with Crippen molar-refractivity contribution < 1.29 is 4.74 Å². The van der Waals surface area contributed by atoms with Crippen LogP contribution in [-0.4, -0.2) is 13.7 Å². The molecule has 0 spiro atoms. The lowest BCUT2D eigenvalue weighted by atomic mass is 9.66. The second kappa shape index (κ2) is 6.62. The van der Waals surface area contributed by atoms with E-state index >= 15 is 0 Å². The largest absolute Gasteiger partial charge is 0.496 e. The minimum absolute atomic E-state index is 0.278. The van der Waals surface area contributed by atoms with Gasteiger partial charge >= 0.3 is 0 Å². The van der Waals surface area contributed by atoms with Crippen LogP contribution >= 0.6 is 0 Å². The van der Waals surface area contributed by atoms with Crippen molar-refractivity contribution in [3.8, 4) is 5.75 Å². The van der Waals surface area contributed by atoms with E-state index in [1.807, 2.05) is 0 Å². The summed E-state index contributed by atoms with van der Waals surface area (Å²) in [6.45, 7) is 5.25. The first-order valence-corrected chi connectivity index (χ1v) is 7.96. The third-order valence-corrected chi connectivity index (χ3v) is 5.05. The van der Waals surface area contributed by atoms with Crippen LogP contribution in [-0.2, 0) is 6.42 Å². The Hall–Kier alpha value is -1.02. The molecule has 2 nitrogen and oxygen atoms in total. The van der Waals surface area contributed by atoms with Gasteiger partial charge in [0.1, 0.15) is 5.75 Å². The van der Waals surface area contributed by atoms with E-state index in [4.69, 9.17) is 10.5 Å². The molecule has 1 aliphatic carbocycles. The fourth-order valence-corrected chi connectivity index (χ4v) is 3.80. The van der Waals surface area contributed by atoms with Crippen molar-refractivity contribution in [2.45, 2.75) is 52.4 Å². The van der Waals surface area contributed by atoms with Crippen LogP contribution in [0.15, 0.2) is 18.2 Å². The Bertz CT molecular complexity index is 443. The van der Waals surface area contributed by atoms with Crippen molar-refractivity contribution >= 4 is 0 Å². The molecule has 1 fully saturated rings. The predicted octanol–water partition coefficient (Wildman–Crippen LogP) is 4.09. The summed E-state index contributed by atoms with van der Waals surface area (Å²) in [6, 6.07) is 6.48. The number of benzene rings is 1. The van der Waals surface area contributed by atoms with Gasteiger partial charge in [-0.05, 0) is 55.7 Å². The molecule has 1 aromatic carbocycles. The molecule has 2 atom stereocenters. The number of hydrogen-bond acceptors (Lipinski definition) is 2. The van der Waals surface area contributed by atoms with Crippen LogP contribution in [0.4, 0.5) is 0 Å². The maximum absolute atomic E-state index is 6.19. The molecule has 2 unspecified atom stereocenters. The van der Waals surface area contributed by atoms with Crippen molar-refractivity contribution in [1.29, 1.82) is 0 Å². The van der Waals surface area contributed by atoms with Crippen molar-refractivity contribution in [2.75, 3.05) is 13.7 Å². The number of nitrogens with two attached hydrogens (primary N) is 1. The number of ether oxygens (including phenoxy) is 1. The highest BCUT2D eigenvalue weighted by Crippen LogP contribution is 2.43. The fraction of sp³-hybridized carbons (Fsp3) is 0.667. The first-order valence-electron chi connectivity index (χ1n) is 7.96. The molecule has 0 aliphatic heterocycles. The molecule has 1 saturated carbocycles. The fourth-order valence-electron chi connectivity index (χ4n) is 3.80. The Kier molecular flexibility index (Phi) is 5.09. The maximum Gasteiger partial charge on any atom is 0.122 e. The summed E-state index contributed by atoms with van der Waals surface area (Å²) >= 11 is 0. The summed E-state index contributed by atoms with van der Waals surface area (Å²) in [5, 5.41) is 0. The number of aryl methyl sites for hydroxylation is 1. The molecule has 1 aliphatic rings. The van der Waals surface area contributed by atoms with Gasteiger partial charge in [-0.15, -0.1) is 0 Å². The average Bonchev–Trinajstić information content (AvgIpc) is 2.47. The average molecular weight is 275 g/mol. The molecule has 112 valence electrons. The molecule has 2 N–H and O–H groups in total. The van der Waals surface area contributed by atoms with E-state index in [9.17, 15) is 0 Å². The lowest BCUT2D eigenvalue weighted by Gasteiger charge is -2.40. The third-order valence-electron chi connectivity index (χ3n) is 5.05. The van der Waals surface area contributed by atoms with Gasteiger partial charge in [-0.2, -0.15) is 0 Å². The van der Waals surface area contributed by atoms with Crippen LogP contribution in [0.2, 0.25) is 0 Å². The normalized spacial score (nSPS) is 26.5. The molecule has 0 heterocycles. The topological polar surface area (TPSA) is 35.2 Å². The van der Waals surface area contributed by atoms with Crippen molar-refractivity contribution in [2.24, 2.45) is 17.1 Å². The molecule has 2 heteroatoms. The molecular formula is C18H29NO. The first kappa shape index (κ1) is 15.4. The summed E-state index contributed by atoms with van der Waals surface area (Å²) in [4.78, 5) is 0. The third kappa shape index (κ3) is 3.35. The van der Waals surface area contributed by atoms with Gasteiger partial charge in [0.2, 0.25) is 0 Å². The Morgan fingerprint density at radius 2 is 2.20 bits per heavy atom. The molecule has 0 bridgehead atoms. The van der Waals surface area contributed by atoms with Crippen LogP contribution in [0.25, 0.3) is 0 Å². The van der Waals surface area contributed by atoms with Crippen molar-refractivity contribution in [3.63, 3.8) is 0 Å². The lowest BCUT2D eigenvalue weighted by molar-refractivity contribution is 0.141. The van der Waals surface area contributed by atoms with Gasteiger partial charge in [0.25, 0.3) is 0 Å². The second-order valence-electron chi connectivity index (χ2n) is 6.57. The maximum atomic E-state index is 6.19. The molecule has 1 aromatic rings. The van der Waals surface area contributed by atoms with Gasteiger partial charge in [-0.3, -0.25) is 0 Å². The van der Waals surface area contributed by atoms with E-state index in [0.29, 0.717) is 0 Å². The highest BCUT2D eigenvalue weighted by Gasteiger charge is 2.35. The van der Waals surface area contributed by atoms with Gasteiger partial charge in [0.15, 0.2) is 0 Å². The van der Waals surface area contributed by atoms with Crippen LogP contribution in [0.3, 0.4) is 0 Å². The molecular weight excluding hydrogens is 246 g/mol. The minimum Gasteiger partial charge on any atom is -0.496 e. The van der Waals surface area contributed by atoms with E-state index < -0.39 is 0 Å². The first-order chi connectivity index (χ1) is 9.62. The Morgan fingerprint density at radius 3 is 2.85 bits per heavy atom. The van der Waals surface area contributed by atoms with Crippen molar-refractivity contribution in [3.05, 3.63) is 29.3 Å². The lowest BCUT2D eigenvalue weighted by Crippen LogP contribution is -2.37. The molecule has 0 radical (unpaired) electrons. The van der Waals surface area contributed by atoms with Gasteiger partial charge < -0.3 is 10.5 Å². The second-order valence-corrected chi connectivity index (χ2v) is 6.57. The quantitative estimate of drug-likeness (QED) is 0.878. The minimum atomic E-state index is 0.278. The Morgan fingerprint density at radius 1 is 1.40 bits per heavy atom. The van der Waals surface area contributed by atoms with Gasteiger partial charge in [-0.1, -0.05) is 43.9 Å². The van der Waals surface area contributed by atoms with E-state index in [1.54, 1.807) is 7.11 Å². The zero-order valence-electron chi connectivity index (χ0n) is 13.2. The standard InChI is InChI=1S/C18H29NO/c1-4-15-6-5-9-18(11-15,13-19)12-16-10-14(2)7-8-17(16)20-3/h7-8,10,15H,4-6,9,11-13,19H2,1-3H3. The monoisotopic (exact) mass is 275 g/mol. The molecule has 20 heavy (non-hydrogen) atoms. The summed E-state index contributed by atoms with van der Waals surface area (Å²) in [5.41, 5.74) is 9.10. The van der Waals surface area contributed by atoms with Crippen molar-refractivity contribution in [1.82, 2.24) is 0 Å². The summed E-state index contributed by atoms with van der Waals surface area (Å²) in [5.74, 6) is 1.87. The van der Waals surface area contributed by atoms with Crippen LogP contribution in [0, 0.1) is 18.3 Å². The summed E-state index contributed by atoms with van der Waals surface area (Å²) < 4.78 is 5.54. The van der Waals surface area contributed by atoms with E-state index in [2.05, 4.69) is 32.0 Å². The molecule has 0 saturated heterocycles. The number of rotatable bonds is 5.